The van der Waals surface area contributed by atoms with Crippen LogP contribution in [0.2, 0.25) is 0 Å². The lowest BCUT2D eigenvalue weighted by molar-refractivity contribution is 0.102. The summed E-state index contributed by atoms with van der Waals surface area (Å²) in [5.41, 5.74) is 2.16. The molecule has 6 heteroatoms. The van der Waals surface area contributed by atoms with Crippen molar-refractivity contribution in [3.63, 3.8) is 0 Å². The minimum Gasteiger partial charge on any atom is -0.385 e. The molecule has 0 radical (unpaired) electrons. The van der Waals surface area contributed by atoms with Gasteiger partial charge in [-0.2, -0.15) is 0 Å². The summed E-state index contributed by atoms with van der Waals surface area (Å²) < 4.78 is 4.97. The number of amides is 1. The van der Waals surface area contributed by atoms with E-state index in [2.05, 4.69) is 20.8 Å². The third-order valence-corrected chi connectivity index (χ3v) is 3.04. The van der Waals surface area contributed by atoms with Crippen molar-refractivity contribution in [3.05, 3.63) is 47.7 Å². The SMILES string of the molecule is COCCCNc1ccc(C(=O)Nc2ccc(C)cc2)nn1. The van der Waals surface area contributed by atoms with Crippen LogP contribution in [0, 0.1) is 6.92 Å². The van der Waals surface area contributed by atoms with E-state index in [0.717, 1.165) is 24.2 Å². The summed E-state index contributed by atoms with van der Waals surface area (Å²) in [4.78, 5) is 12.1. The zero-order chi connectivity index (χ0) is 15.8. The lowest BCUT2D eigenvalue weighted by Crippen LogP contribution is -2.15. The minimum absolute atomic E-state index is 0.276. The van der Waals surface area contributed by atoms with Crippen molar-refractivity contribution in [1.82, 2.24) is 10.2 Å². The van der Waals surface area contributed by atoms with Gasteiger partial charge >= 0.3 is 0 Å². The lowest BCUT2D eigenvalue weighted by atomic mass is 10.2. The number of carbonyl (C=O) groups is 1. The van der Waals surface area contributed by atoms with Crippen molar-refractivity contribution in [2.45, 2.75) is 13.3 Å². The maximum Gasteiger partial charge on any atom is 0.276 e. The Kier molecular flexibility index (Phi) is 5.85. The molecule has 0 spiro atoms. The van der Waals surface area contributed by atoms with Gasteiger partial charge in [0.1, 0.15) is 5.82 Å². The van der Waals surface area contributed by atoms with Crippen molar-refractivity contribution in [2.75, 3.05) is 30.9 Å². The second kappa shape index (κ2) is 8.09. The summed E-state index contributed by atoms with van der Waals surface area (Å²) >= 11 is 0. The van der Waals surface area contributed by atoms with E-state index in [1.807, 2.05) is 31.2 Å². The standard InChI is InChI=1S/C16H20N4O2/c1-12-4-6-13(7-5-12)18-16(21)14-8-9-15(20-19-14)17-10-3-11-22-2/h4-9H,3,10-11H2,1-2H3,(H,17,20)(H,18,21). The molecule has 1 amide bonds. The molecule has 0 aliphatic rings. The fraction of sp³-hybridized carbons (Fsp3) is 0.312. The van der Waals surface area contributed by atoms with Gasteiger partial charge in [0, 0.05) is 25.9 Å². The van der Waals surface area contributed by atoms with Crippen LogP contribution in [0.3, 0.4) is 0 Å². The van der Waals surface area contributed by atoms with Crippen molar-refractivity contribution in [1.29, 1.82) is 0 Å². The van der Waals surface area contributed by atoms with Crippen LogP contribution in [0.15, 0.2) is 36.4 Å². The molecule has 0 atom stereocenters. The fourth-order valence-corrected chi connectivity index (χ4v) is 1.81. The predicted molar refractivity (Wildman–Crippen MR) is 86.1 cm³/mol. The molecule has 0 aliphatic carbocycles. The number of aryl methyl sites for hydroxylation is 1. The number of ether oxygens (including phenoxy) is 1. The third kappa shape index (κ3) is 4.82. The number of nitrogens with one attached hydrogen (secondary N) is 2. The molecule has 0 saturated carbocycles. The zero-order valence-corrected chi connectivity index (χ0v) is 12.8. The van der Waals surface area contributed by atoms with Gasteiger partial charge in [-0.3, -0.25) is 4.79 Å². The van der Waals surface area contributed by atoms with Gasteiger partial charge in [0.15, 0.2) is 5.69 Å². The quantitative estimate of drug-likeness (QED) is 0.768. The van der Waals surface area contributed by atoms with Crippen molar-refractivity contribution >= 4 is 17.4 Å². The molecule has 0 bridgehead atoms. The highest BCUT2D eigenvalue weighted by molar-refractivity contribution is 6.02. The Hall–Kier alpha value is -2.47. The van der Waals surface area contributed by atoms with Crippen LogP contribution in [-0.4, -0.2) is 36.4 Å². The number of nitrogens with zero attached hydrogens (tertiary/aromatic N) is 2. The molecule has 1 aromatic carbocycles. The van der Waals surface area contributed by atoms with Gasteiger partial charge in [-0.15, -0.1) is 10.2 Å². The highest BCUT2D eigenvalue weighted by Gasteiger charge is 2.08. The van der Waals surface area contributed by atoms with Crippen LogP contribution in [0.4, 0.5) is 11.5 Å². The highest BCUT2D eigenvalue weighted by Crippen LogP contribution is 2.10. The molecule has 0 saturated heterocycles. The average Bonchev–Trinajstić information content (AvgIpc) is 2.54. The first-order chi connectivity index (χ1) is 10.7. The number of methoxy groups -OCH3 is 1. The van der Waals surface area contributed by atoms with Gasteiger partial charge in [0.2, 0.25) is 0 Å². The molecule has 2 rings (SSSR count). The van der Waals surface area contributed by atoms with Gasteiger partial charge in [-0.1, -0.05) is 17.7 Å². The summed E-state index contributed by atoms with van der Waals surface area (Å²) in [5.74, 6) is 0.366. The van der Waals surface area contributed by atoms with Crippen LogP contribution < -0.4 is 10.6 Å². The second-order valence-corrected chi connectivity index (χ2v) is 4.90. The lowest BCUT2D eigenvalue weighted by Gasteiger charge is -2.06. The Balaban J connectivity index is 1.89. The maximum atomic E-state index is 12.1. The molecule has 2 aromatic rings. The first-order valence-corrected chi connectivity index (χ1v) is 7.13. The topological polar surface area (TPSA) is 76.1 Å². The normalized spacial score (nSPS) is 10.3. The second-order valence-electron chi connectivity index (χ2n) is 4.90. The van der Waals surface area contributed by atoms with Crippen LogP contribution in [-0.2, 0) is 4.74 Å². The van der Waals surface area contributed by atoms with Gasteiger partial charge < -0.3 is 15.4 Å². The zero-order valence-electron chi connectivity index (χ0n) is 12.8. The molecule has 116 valence electrons. The first kappa shape index (κ1) is 15.9. The van der Waals surface area contributed by atoms with Gasteiger partial charge in [0.05, 0.1) is 0 Å². The summed E-state index contributed by atoms with van der Waals surface area (Å²) in [6.07, 6.45) is 0.883. The van der Waals surface area contributed by atoms with Crippen LogP contribution in [0.25, 0.3) is 0 Å². The van der Waals surface area contributed by atoms with Crippen molar-refractivity contribution < 1.29 is 9.53 Å². The van der Waals surface area contributed by atoms with Gasteiger partial charge in [0.25, 0.3) is 5.91 Å². The summed E-state index contributed by atoms with van der Waals surface area (Å²) in [5, 5.41) is 13.8. The highest BCUT2D eigenvalue weighted by atomic mass is 16.5. The minimum atomic E-state index is -0.276. The van der Waals surface area contributed by atoms with Gasteiger partial charge in [-0.25, -0.2) is 0 Å². The molecule has 6 nitrogen and oxygen atoms in total. The Morgan fingerprint density at radius 2 is 1.91 bits per heavy atom. The molecule has 1 aromatic heterocycles. The predicted octanol–water partition coefficient (Wildman–Crippen LogP) is 2.49. The Bertz CT molecular complexity index is 597. The largest absolute Gasteiger partial charge is 0.385 e. The summed E-state index contributed by atoms with van der Waals surface area (Å²) in [7, 11) is 1.67. The van der Waals surface area contributed by atoms with Crippen LogP contribution >= 0.6 is 0 Å². The Morgan fingerprint density at radius 3 is 2.55 bits per heavy atom. The molecular weight excluding hydrogens is 280 g/mol. The number of benzene rings is 1. The van der Waals surface area contributed by atoms with E-state index in [1.54, 1.807) is 19.2 Å². The Labute approximate surface area is 129 Å². The van der Waals surface area contributed by atoms with Gasteiger partial charge in [-0.05, 0) is 37.6 Å². The van der Waals surface area contributed by atoms with E-state index >= 15 is 0 Å². The Morgan fingerprint density at radius 1 is 1.14 bits per heavy atom. The van der Waals surface area contributed by atoms with E-state index in [4.69, 9.17) is 4.74 Å². The summed E-state index contributed by atoms with van der Waals surface area (Å²) in [6.45, 7) is 3.43. The van der Waals surface area contributed by atoms with E-state index in [1.165, 1.54) is 0 Å². The smallest absolute Gasteiger partial charge is 0.276 e. The number of aromatic nitrogens is 2. The first-order valence-electron chi connectivity index (χ1n) is 7.13. The third-order valence-electron chi connectivity index (χ3n) is 3.04. The van der Waals surface area contributed by atoms with E-state index in [0.29, 0.717) is 12.4 Å². The average molecular weight is 300 g/mol. The van der Waals surface area contributed by atoms with Crippen molar-refractivity contribution in [3.8, 4) is 0 Å². The van der Waals surface area contributed by atoms with Crippen molar-refractivity contribution in [2.24, 2.45) is 0 Å². The monoisotopic (exact) mass is 300 g/mol. The molecule has 0 fully saturated rings. The molecule has 2 N–H and O–H groups in total. The number of hydrogen-bond acceptors (Lipinski definition) is 5. The maximum absolute atomic E-state index is 12.1. The number of hydrogen-bond donors (Lipinski definition) is 2. The van der Waals surface area contributed by atoms with E-state index in [-0.39, 0.29) is 11.6 Å². The molecule has 1 heterocycles. The number of rotatable bonds is 7. The molecular formula is C16H20N4O2. The van der Waals surface area contributed by atoms with E-state index < -0.39 is 0 Å². The molecule has 0 aliphatic heterocycles. The fourth-order valence-electron chi connectivity index (χ4n) is 1.81. The van der Waals surface area contributed by atoms with Crippen LogP contribution in [0.1, 0.15) is 22.5 Å². The number of carbonyl (C=O) groups excluding carboxylic acids is 1. The number of anilines is 2. The molecule has 0 unspecified atom stereocenters. The molecule has 22 heavy (non-hydrogen) atoms. The summed E-state index contributed by atoms with van der Waals surface area (Å²) in [6, 6.07) is 11.0. The van der Waals surface area contributed by atoms with E-state index in [9.17, 15) is 4.79 Å². The van der Waals surface area contributed by atoms with Crippen LogP contribution in [0.5, 0.6) is 0 Å².